The van der Waals surface area contributed by atoms with E-state index in [0.717, 1.165) is 37.2 Å². The van der Waals surface area contributed by atoms with E-state index in [1.165, 1.54) is 6.42 Å². The number of hydrogen-bond donors (Lipinski definition) is 0. The minimum atomic E-state index is -0.710. The second-order valence-electron chi connectivity index (χ2n) is 6.42. The van der Waals surface area contributed by atoms with Gasteiger partial charge in [0, 0.05) is 39.7 Å². The lowest BCUT2D eigenvalue weighted by molar-refractivity contribution is -0.124. The summed E-state index contributed by atoms with van der Waals surface area (Å²) in [6.45, 7) is 0.390. The van der Waals surface area contributed by atoms with E-state index in [-0.39, 0.29) is 22.2 Å². The van der Waals surface area contributed by atoms with Gasteiger partial charge in [0.15, 0.2) is 0 Å². The molecule has 1 aromatic carbocycles. The minimum Gasteiger partial charge on any atom is -0.497 e. The maximum absolute atomic E-state index is 12.4. The number of rotatable bonds is 6. The molecule has 0 saturated carbocycles. The number of methoxy groups -OCH3 is 1. The van der Waals surface area contributed by atoms with Crippen molar-refractivity contribution in [1.82, 2.24) is 0 Å². The van der Waals surface area contributed by atoms with Crippen molar-refractivity contribution in [3.8, 4) is 11.5 Å². The van der Waals surface area contributed by atoms with Gasteiger partial charge in [-0.2, -0.15) is 0 Å². The van der Waals surface area contributed by atoms with Crippen LogP contribution in [0.2, 0.25) is 0 Å². The average molecular weight is 336 g/mol. The van der Waals surface area contributed by atoms with Crippen LogP contribution in [0.15, 0.2) is 24.3 Å². The fourth-order valence-electron chi connectivity index (χ4n) is 3.66. The number of ketones is 1. The molecule has 2 atom stereocenters. The van der Waals surface area contributed by atoms with Gasteiger partial charge in [0.05, 0.1) is 13.7 Å². The van der Waals surface area contributed by atoms with E-state index in [0.29, 0.717) is 13.0 Å². The Balaban J connectivity index is 1.49. The van der Waals surface area contributed by atoms with Crippen LogP contribution in [0, 0.1) is 5.92 Å². The molecule has 0 amide bonds. The molecule has 2 fully saturated rings. The summed E-state index contributed by atoms with van der Waals surface area (Å²) >= 11 is 0. The van der Waals surface area contributed by atoms with Crippen molar-refractivity contribution in [2.45, 2.75) is 49.0 Å². The molecule has 126 valence electrons. The van der Waals surface area contributed by atoms with Crippen LogP contribution in [0.4, 0.5) is 0 Å². The summed E-state index contributed by atoms with van der Waals surface area (Å²) in [7, 11) is 0.908. The lowest BCUT2D eigenvalue weighted by atomic mass is 9.86. The fraction of sp³-hybridized carbons (Fsp3) is 0.611. The number of ether oxygens (including phenoxy) is 2. The van der Waals surface area contributed by atoms with Gasteiger partial charge in [-0.15, -0.1) is 0 Å². The summed E-state index contributed by atoms with van der Waals surface area (Å²) in [5.74, 6) is 1.81. The Labute approximate surface area is 140 Å². The molecule has 2 unspecified atom stereocenters. The van der Waals surface area contributed by atoms with Crippen LogP contribution in [0.25, 0.3) is 0 Å². The maximum atomic E-state index is 12.4. The van der Waals surface area contributed by atoms with Crippen molar-refractivity contribution >= 4 is 16.6 Å². The van der Waals surface area contributed by atoms with E-state index in [2.05, 4.69) is 0 Å². The predicted molar refractivity (Wildman–Crippen MR) is 90.4 cm³/mol. The second-order valence-corrected chi connectivity index (χ2v) is 8.41. The predicted octanol–water partition coefficient (Wildman–Crippen LogP) is 3.11. The third kappa shape index (κ3) is 3.94. The summed E-state index contributed by atoms with van der Waals surface area (Å²) in [4.78, 5) is 12.4. The number of benzene rings is 1. The molecule has 2 aliphatic heterocycles. The minimum absolute atomic E-state index is 0.0805. The standard InChI is InChI=1S/C18H24O4S/c1-21-14-4-2-5-15(12-14)22-9-8-18(19)13-10-16-6-3-7-17(11-13)23(16)20/h2,4-5,12-13,16-17H,3,6-11H2,1H3. The zero-order valence-electron chi connectivity index (χ0n) is 13.5. The Morgan fingerprint density at radius 3 is 2.61 bits per heavy atom. The Hall–Kier alpha value is -1.36. The lowest BCUT2D eigenvalue weighted by Crippen LogP contribution is -2.41. The van der Waals surface area contributed by atoms with Gasteiger partial charge in [-0.1, -0.05) is 12.5 Å². The first-order valence-electron chi connectivity index (χ1n) is 8.36. The van der Waals surface area contributed by atoms with Crippen LogP contribution in [0.1, 0.15) is 38.5 Å². The molecule has 3 rings (SSSR count). The highest BCUT2D eigenvalue weighted by atomic mass is 32.2. The molecular formula is C18H24O4S. The van der Waals surface area contributed by atoms with E-state index in [9.17, 15) is 9.00 Å². The third-order valence-electron chi connectivity index (χ3n) is 4.92. The molecule has 23 heavy (non-hydrogen) atoms. The van der Waals surface area contributed by atoms with Crippen molar-refractivity contribution in [2.75, 3.05) is 13.7 Å². The molecular weight excluding hydrogens is 312 g/mol. The van der Waals surface area contributed by atoms with Crippen molar-refractivity contribution < 1.29 is 18.5 Å². The SMILES string of the molecule is COc1cccc(OCCC(=O)C2CC3CCCC(C2)S3=O)c1. The number of Topliss-reactive ketones (excluding diaryl/α,β-unsaturated/α-hetero) is 1. The van der Waals surface area contributed by atoms with Crippen LogP contribution in [0.5, 0.6) is 11.5 Å². The number of fused-ring (bicyclic) bond motifs is 2. The molecule has 0 aliphatic carbocycles. The van der Waals surface area contributed by atoms with Gasteiger partial charge in [0.2, 0.25) is 0 Å². The monoisotopic (exact) mass is 336 g/mol. The molecule has 4 nitrogen and oxygen atoms in total. The van der Waals surface area contributed by atoms with E-state index in [4.69, 9.17) is 9.47 Å². The summed E-state index contributed by atoms with van der Waals surface area (Å²) in [6.07, 6.45) is 5.25. The Morgan fingerprint density at radius 2 is 1.91 bits per heavy atom. The largest absolute Gasteiger partial charge is 0.497 e. The molecule has 0 spiro atoms. The molecule has 2 bridgehead atoms. The van der Waals surface area contributed by atoms with Gasteiger partial charge in [0.1, 0.15) is 17.3 Å². The van der Waals surface area contributed by atoms with E-state index < -0.39 is 10.8 Å². The van der Waals surface area contributed by atoms with Crippen LogP contribution in [-0.2, 0) is 15.6 Å². The lowest BCUT2D eigenvalue weighted by Gasteiger charge is -2.37. The van der Waals surface area contributed by atoms with Crippen LogP contribution in [-0.4, -0.2) is 34.2 Å². The maximum Gasteiger partial charge on any atom is 0.139 e. The van der Waals surface area contributed by atoms with Crippen molar-refractivity contribution in [2.24, 2.45) is 5.92 Å². The highest BCUT2D eigenvalue weighted by Crippen LogP contribution is 2.37. The van der Waals surface area contributed by atoms with Gasteiger partial charge in [-0.05, 0) is 37.8 Å². The smallest absolute Gasteiger partial charge is 0.139 e. The van der Waals surface area contributed by atoms with E-state index >= 15 is 0 Å². The molecule has 2 saturated heterocycles. The first-order chi connectivity index (χ1) is 11.2. The van der Waals surface area contributed by atoms with Crippen LogP contribution in [0.3, 0.4) is 0 Å². The van der Waals surface area contributed by atoms with Crippen molar-refractivity contribution in [3.63, 3.8) is 0 Å². The third-order valence-corrected chi connectivity index (χ3v) is 7.09. The molecule has 0 aromatic heterocycles. The summed E-state index contributed by atoms with van der Waals surface area (Å²) in [5.41, 5.74) is 0. The molecule has 5 heteroatoms. The second kappa shape index (κ2) is 7.47. The fourth-order valence-corrected chi connectivity index (χ4v) is 5.85. The topological polar surface area (TPSA) is 52.6 Å². The number of carbonyl (C=O) groups is 1. The van der Waals surface area contributed by atoms with Gasteiger partial charge in [0.25, 0.3) is 0 Å². The molecule has 0 radical (unpaired) electrons. The molecule has 0 N–H and O–H groups in total. The normalized spacial score (nSPS) is 29.8. The highest BCUT2D eigenvalue weighted by Gasteiger charge is 2.40. The summed E-state index contributed by atoms with van der Waals surface area (Å²) in [6, 6.07) is 7.41. The van der Waals surface area contributed by atoms with Crippen LogP contribution < -0.4 is 9.47 Å². The Bertz CT molecular complexity index is 570. The van der Waals surface area contributed by atoms with Crippen molar-refractivity contribution in [3.05, 3.63) is 24.3 Å². The van der Waals surface area contributed by atoms with E-state index in [1.54, 1.807) is 7.11 Å². The van der Waals surface area contributed by atoms with Gasteiger partial charge < -0.3 is 9.47 Å². The first-order valence-corrected chi connectivity index (χ1v) is 9.64. The van der Waals surface area contributed by atoms with Gasteiger partial charge in [-0.25, -0.2) is 0 Å². The van der Waals surface area contributed by atoms with Gasteiger partial charge >= 0.3 is 0 Å². The van der Waals surface area contributed by atoms with Crippen molar-refractivity contribution in [1.29, 1.82) is 0 Å². The highest BCUT2D eigenvalue weighted by molar-refractivity contribution is 7.86. The molecule has 2 aliphatic rings. The van der Waals surface area contributed by atoms with E-state index in [1.807, 2.05) is 24.3 Å². The van der Waals surface area contributed by atoms with Gasteiger partial charge in [-0.3, -0.25) is 9.00 Å². The Morgan fingerprint density at radius 1 is 1.22 bits per heavy atom. The summed E-state index contributed by atoms with van der Waals surface area (Å²) in [5, 5.41) is 0.492. The zero-order valence-corrected chi connectivity index (χ0v) is 14.3. The summed E-state index contributed by atoms with van der Waals surface area (Å²) < 4.78 is 23.0. The number of carbonyl (C=O) groups excluding carboxylic acids is 1. The van der Waals surface area contributed by atoms with Crippen LogP contribution >= 0.6 is 0 Å². The number of hydrogen-bond acceptors (Lipinski definition) is 4. The quantitative estimate of drug-likeness (QED) is 0.801. The Kier molecular flexibility index (Phi) is 5.36. The molecule has 1 aromatic rings. The zero-order chi connectivity index (χ0) is 16.2. The average Bonchev–Trinajstić information content (AvgIpc) is 2.54. The first kappa shape index (κ1) is 16.5. The molecule has 2 heterocycles.